The van der Waals surface area contributed by atoms with Crippen molar-refractivity contribution < 1.29 is 5.11 Å². The fourth-order valence-corrected chi connectivity index (χ4v) is 3.60. The van der Waals surface area contributed by atoms with Crippen LogP contribution in [-0.4, -0.2) is 21.0 Å². The smallest absolute Gasteiger partial charge is 0.100 e. The minimum absolute atomic E-state index is 0.0821. The van der Waals surface area contributed by atoms with Crippen LogP contribution in [0.15, 0.2) is 66.9 Å². The Kier molecular flexibility index (Phi) is 4.18. The molecule has 1 aliphatic carbocycles. The molecular weight excluding hydrogens is 296 g/mol. The van der Waals surface area contributed by atoms with Gasteiger partial charge in [0.05, 0.1) is 12.1 Å². The van der Waals surface area contributed by atoms with Gasteiger partial charge in [0.15, 0.2) is 0 Å². The third-order valence-electron chi connectivity index (χ3n) is 4.90. The first-order chi connectivity index (χ1) is 11.8. The van der Waals surface area contributed by atoms with E-state index in [0.717, 1.165) is 48.1 Å². The number of hydrogen-bond acceptors (Lipinski definition) is 2. The molecule has 2 atom stereocenters. The van der Waals surface area contributed by atoms with Crippen LogP contribution in [0.1, 0.15) is 31.7 Å². The molecule has 1 N–H and O–H groups in total. The van der Waals surface area contributed by atoms with Crippen LogP contribution in [0.2, 0.25) is 0 Å². The van der Waals surface area contributed by atoms with Gasteiger partial charge in [-0.2, -0.15) is 5.10 Å². The first kappa shape index (κ1) is 15.2. The maximum atomic E-state index is 10.4. The molecule has 1 aliphatic rings. The van der Waals surface area contributed by atoms with Crippen LogP contribution in [0.3, 0.4) is 0 Å². The molecule has 0 bridgehead atoms. The third-order valence-corrected chi connectivity index (χ3v) is 4.90. The van der Waals surface area contributed by atoms with Gasteiger partial charge in [0.1, 0.15) is 5.69 Å². The molecule has 0 saturated heterocycles. The van der Waals surface area contributed by atoms with Crippen LogP contribution in [0.25, 0.3) is 22.4 Å². The lowest BCUT2D eigenvalue weighted by atomic mass is 9.93. The van der Waals surface area contributed by atoms with E-state index in [-0.39, 0.29) is 12.1 Å². The number of benzene rings is 2. The Morgan fingerprint density at radius 3 is 2.12 bits per heavy atom. The molecule has 1 heterocycles. The van der Waals surface area contributed by atoms with Gasteiger partial charge in [-0.3, -0.25) is 4.68 Å². The fraction of sp³-hybridized carbons (Fsp3) is 0.286. The van der Waals surface area contributed by atoms with Gasteiger partial charge in [0.25, 0.3) is 0 Å². The zero-order chi connectivity index (χ0) is 16.4. The van der Waals surface area contributed by atoms with Crippen molar-refractivity contribution in [3.8, 4) is 22.4 Å². The van der Waals surface area contributed by atoms with Crippen molar-refractivity contribution in [2.24, 2.45) is 0 Å². The van der Waals surface area contributed by atoms with Gasteiger partial charge in [-0.05, 0) is 18.4 Å². The Morgan fingerprint density at radius 2 is 1.46 bits per heavy atom. The second-order valence-corrected chi connectivity index (χ2v) is 6.52. The molecule has 0 aliphatic heterocycles. The van der Waals surface area contributed by atoms with E-state index in [4.69, 9.17) is 5.10 Å². The summed E-state index contributed by atoms with van der Waals surface area (Å²) < 4.78 is 1.99. The van der Waals surface area contributed by atoms with Crippen molar-refractivity contribution in [2.45, 2.75) is 37.8 Å². The number of nitrogens with zero attached hydrogens (tertiary/aromatic N) is 2. The van der Waals surface area contributed by atoms with E-state index in [9.17, 15) is 5.11 Å². The van der Waals surface area contributed by atoms with Gasteiger partial charge in [-0.15, -0.1) is 0 Å². The van der Waals surface area contributed by atoms with Crippen molar-refractivity contribution in [3.05, 3.63) is 66.9 Å². The molecule has 3 aromatic rings. The molecular formula is C21H22N2O. The molecule has 24 heavy (non-hydrogen) atoms. The average Bonchev–Trinajstić information content (AvgIpc) is 3.09. The lowest BCUT2D eigenvalue weighted by Crippen LogP contribution is -2.27. The Balaban J connectivity index is 1.82. The van der Waals surface area contributed by atoms with Crippen LogP contribution in [-0.2, 0) is 0 Å². The van der Waals surface area contributed by atoms with E-state index >= 15 is 0 Å². The normalized spacial score (nSPS) is 20.9. The third kappa shape index (κ3) is 2.87. The fourth-order valence-electron chi connectivity index (χ4n) is 3.60. The summed E-state index contributed by atoms with van der Waals surface area (Å²) in [5.41, 5.74) is 4.38. The van der Waals surface area contributed by atoms with E-state index in [2.05, 4.69) is 42.6 Å². The molecule has 4 rings (SSSR count). The lowest BCUT2D eigenvalue weighted by Gasteiger charge is -2.27. The van der Waals surface area contributed by atoms with Crippen molar-refractivity contribution in [2.75, 3.05) is 0 Å². The highest BCUT2D eigenvalue weighted by atomic mass is 16.3. The first-order valence-electron chi connectivity index (χ1n) is 8.71. The Hall–Kier alpha value is -2.39. The SMILES string of the molecule is O[C@H]1CCCC[C@H]1n1cc(-c2ccccc2)c(-c2ccccc2)n1. The minimum Gasteiger partial charge on any atom is -0.391 e. The number of rotatable bonds is 3. The van der Waals surface area contributed by atoms with Gasteiger partial charge in [-0.25, -0.2) is 0 Å². The molecule has 1 fully saturated rings. The number of aromatic nitrogens is 2. The summed E-state index contributed by atoms with van der Waals surface area (Å²) in [6, 6.07) is 20.7. The molecule has 3 heteroatoms. The highest BCUT2D eigenvalue weighted by Gasteiger charge is 2.26. The molecule has 0 radical (unpaired) electrons. The number of hydrogen-bond donors (Lipinski definition) is 1. The number of aliphatic hydroxyl groups is 1. The summed E-state index contributed by atoms with van der Waals surface area (Å²) in [6.45, 7) is 0. The van der Waals surface area contributed by atoms with Gasteiger partial charge < -0.3 is 5.11 Å². The summed E-state index contributed by atoms with van der Waals surface area (Å²) in [7, 11) is 0. The molecule has 0 unspecified atom stereocenters. The summed E-state index contributed by atoms with van der Waals surface area (Å²) in [5.74, 6) is 0. The highest BCUT2D eigenvalue weighted by Crippen LogP contribution is 2.35. The highest BCUT2D eigenvalue weighted by molar-refractivity contribution is 5.80. The van der Waals surface area contributed by atoms with Gasteiger partial charge >= 0.3 is 0 Å². The van der Waals surface area contributed by atoms with Crippen molar-refractivity contribution in [3.63, 3.8) is 0 Å². The van der Waals surface area contributed by atoms with E-state index in [0.29, 0.717) is 0 Å². The second-order valence-electron chi connectivity index (χ2n) is 6.52. The molecule has 0 amide bonds. The molecule has 122 valence electrons. The van der Waals surface area contributed by atoms with E-state index in [1.807, 2.05) is 28.9 Å². The Bertz CT molecular complexity index is 738. The lowest BCUT2D eigenvalue weighted by molar-refractivity contribution is 0.0696. The van der Waals surface area contributed by atoms with Crippen LogP contribution in [0.4, 0.5) is 0 Å². The standard InChI is InChI=1S/C21H22N2O/c24-20-14-8-7-13-19(20)23-15-18(16-9-3-1-4-10-16)21(22-23)17-11-5-2-6-12-17/h1-6,9-12,15,19-20,24H,7-8,13-14H2/t19-,20+/m1/s1. The van der Waals surface area contributed by atoms with E-state index in [1.54, 1.807) is 0 Å². The zero-order valence-electron chi connectivity index (χ0n) is 13.7. The molecule has 0 spiro atoms. The van der Waals surface area contributed by atoms with Crippen LogP contribution in [0, 0.1) is 0 Å². The van der Waals surface area contributed by atoms with E-state index < -0.39 is 0 Å². The summed E-state index contributed by atoms with van der Waals surface area (Å²) in [6.07, 6.45) is 5.93. The quantitative estimate of drug-likeness (QED) is 0.760. The minimum atomic E-state index is -0.300. The van der Waals surface area contributed by atoms with Gasteiger partial charge in [0.2, 0.25) is 0 Å². The van der Waals surface area contributed by atoms with Crippen molar-refractivity contribution >= 4 is 0 Å². The molecule has 2 aromatic carbocycles. The molecule has 1 aromatic heterocycles. The monoisotopic (exact) mass is 318 g/mol. The van der Waals surface area contributed by atoms with Gasteiger partial charge in [0, 0.05) is 17.3 Å². The molecule has 1 saturated carbocycles. The zero-order valence-corrected chi connectivity index (χ0v) is 13.7. The average molecular weight is 318 g/mol. The Morgan fingerprint density at radius 1 is 0.833 bits per heavy atom. The van der Waals surface area contributed by atoms with Crippen LogP contribution < -0.4 is 0 Å². The number of aliphatic hydroxyl groups excluding tert-OH is 1. The maximum Gasteiger partial charge on any atom is 0.100 e. The largest absolute Gasteiger partial charge is 0.391 e. The van der Waals surface area contributed by atoms with Gasteiger partial charge in [-0.1, -0.05) is 73.5 Å². The summed E-state index contributed by atoms with van der Waals surface area (Å²) in [5, 5.41) is 15.3. The molecule has 3 nitrogen and oxygen atoms in total. The predicted molar refractivity (Wildman–Crippen MR) is 96.6 cm³/mol. The first-order valence-corrected chi connectivity index (χ1v) is 8.71. The van der Waals surface area contributed by atoms with Crippen LogP contribution in [0.5, 0.6) is 0 Å². The van der Waals surface area contributed by atoms with Crippen molar-refractivity contribution in [1.29, 1.82) is 0 Å². The summed E-state index contributed by atoms with van der Waals surface area (Å²) >= 11 is 0. The van der Waals surface area contributed by atoms with Crippen LogP contribution >= 0.6 is 0 Å². The predicted octanol–water partition coefficient (Wildman–Crippen LogP) is 4.69. The Labute approximate surface area is 142 Å². The van der Waals surface area contributed by atoms with E-state index in [1.165, 1.54) is 0 Å². The summed E-state index contributed by atoms with van der Waals surface area (Å²) in [4.78, 5) is 0. The van der Waals surface area contributed by atoms with Crippen molar-refractivity contribution in [1.82, 2.24) is 9.78 Å². The topological polar surface area (TPSA) is 38.0 Å². The second kappa shape index (κ2) is 6.62. The maximum absolute atomic E-state index is 10.4.